The van der Waals surface area contributed by atoms with Crippen LogP contribution in [-0.2, 0) is 29.2 Å². The minimum absolute atomic E-state index is 0.00116. The lowest BCUT2D eigenvalue weighted by atomic mass is 10.00. The number of hydrogen-bond acceptors (Lipinski definition) is 7. The van der Waals surface area contributed by atoms with Crippen molar-refractivity contribution in [3.8, 4) is 0 Å². The highest BCUT2D eigenvalue weighted by Crippen LogP contribution is 2.38. The Morgan fingerprint density at radius 1 is 1.21 bits per heavy atom. The minimum atomic E-state index is -4.53. The highest BCUT2D eigenvalue weighted by Gasteiger charge is 2.37. The molecule has 0 saturated carbocycles. The number of aliphatic hydroxyl groups is 1. The summed E-state index contributed by atoms with van der Waals surface area (Å²) >= 11 is 0. The molecule has 33 heavy (non-hydrogen) atoms. The summed E-state index contributed by atoms with van der Waals surface area (Å²) in [6.07, 6.45) is -2.64. The summed E-state index contributed by atoms with van der Waals surface area (Å²) in [5.74, 6) is 0.825. The van der Waals surface area contributed by atoms with E-state index in [2.05, 4.69) is 9.97 Å². The van der Waals surface area contributed by atoms with Gasteiger partial charge in [0.05, 0.1) is 39.8 Å². The third-order valence-electron chi connectivity index (χ3n) is 5.86. The van der Waals surface area contributed by atoms with Crippen molar-refractivity contribution in [3.05, 3.63) is 41.0 Å². The van der Waals surface area contributed by atoms with E-state index in [0.717, 1.165) is 12.5 Å². The fourth-order valence-electron chi connectivity index (χ4n) is 4.38. The van der Waals surface area contributed by atoms with Gasteiger partial charge in [0, 0.05) is 25.5 Å². The quantitative estimate of drug-likeness (QED) is 0.608. The summed E-state index contributed by atoms with van der Waals surface area (Å²) in [7, 11) is -3.57. The average Bonchev–Trinajstić information content (AvgIpc) is 3.07. The van der Waals surface area contributed by atoms with Gasteiger partial charge in [-0.2, -0.15) is 13.2 Å². The number of aliphatic hydroxyl groups excluding tert-OH is 1. The van der Waals surface area contributed by atoms with Crippen molar-refractivity contribution >= 4 is 26.8 Å². The van der Waals surface area contributed by atoms with Crippen molar-refractivity contribution in [3.63, 3.8) is 0 Å². The van der Waals surface area contributed by atoms with Gasteiger partial charge in [-0.15, -0.1) is 0 Å². The number of alkyl halides is 3. The van der Waals surface area contributed by atoms with E-state index >= 15 is 0 Å². The predicted octanol–water partition coefficient (Wildman–Crippen LogP) is 3.27. The molecular formula is C21H24F3N5O3S. The van der Waals surface area contributed by atoms with E-state index < -0.39 is 28.2 Å². The molecule has 0 saturated heterocycles. The van der Waals surface area contributed by atoms with Gasteiger partial charge in [-0.3, -0.25) is 0 Å². The SMILES string of the molecule is Cc1nc(N2CCn3c(nc4cc(CO)c(S(C)(=O)=O)cc43)[C@H]2C(C)C)ncc1C(F)(F)F. The predicted molar refractivity (Wildman–Crippen MR) is 115 cm³/mol. The van der Waals surface area contributed by atoms with Crippen LogP contribution in [0.4, 0.5) is 19.1 Å². The molecule has 1 aliphatic rings. The molecule has 0 amide bonds. The van der Waals surface area contributed by atoms with Gasteiger partial charge in [0.15, 0.2) is 9.84 Å². The zero-order chi connectivity index (χ0) is 24.3. The van der Waals surface area contributed by atoms with Crippen LogP contribution in [0.5, 0.6) is 0 Å². The van der Waals surface area contributed by atoms with Crippen molar-refractivity contribution in [1.29, 1.82) is 0 Å². The molecule has 3 heterocycles. The van der Waals surface area contributed by atoms with Crippen molar-refractivity contribution in [2.45, 2.75) is 51.0 Å². The summed E-state index contributed by atoms with van der Waals surface area (Å²) in [5, 5.41) is 9.68. The number of imidazole rings is 1. The molecule has 0 spiro atoms. The van der Waals surface area contributed by atoms with E-state index in [1.807, 2.05) is 23.3 Å². The Balaban J connectivity index is 1.85. The standard InChI is InChI=1S/C21H24F3N5O3S/c1-11(2)18-19-27-15-7-13(10-30)17(33(4,31)32)8-16(15)28(19)5-6-29(18)20-25-9-14(12(3)26-20)21(22,23)24/h7-9,11,18,30H,5-6,10H2,1-4H3/t18-/m1/s1. The Kier molecular flexibility index (Phi) is 5.64. The number of benzene rings is 1. The molecule has 1 N–H and O–H groups in total. The molecule has 0 bridgehead atoms. The lowest BCUT2D eigenvalue weighted by molar-refractivity contribution is -0.138. The summed E-state index contributed by atoms with van der Waals surface area (Å²) in [6, 6.07) is 2.75. The number of aromatic nitrogens is 4. The topological polar surface area (TPSA) is 101 Å². The van der Waals surface area contributed by atoms with Crippen molar-refractivity contribution in [2.24, 2.45) is 5.92 Å². The van der Waals surface area contributed by atoms with Crippen molar-refractivity contribution < 1.29 is 26.7 Å². The van der Waals surface area contributed by atoms with E-state index in [9.17, 15) is 26.7 Å². The van der Waals surface area contributed by atoms with Crippen LogP contribution in [-0.4, -0.2) is 45.8 Å². The first-order chi connectivity index (χ1) is 15.3. The van der Waals surface area contributed by atoms with E-state index in [4.69, 9.17) is 4.98 Å². The van der Waals surface area contributed by atoms with Gasteiger partial charge in [-0.1, -0.05) is 13.8 Å². The number of anilines is 1. The molecule has 0 fully saturated rings. The molecular weight excluding hydrogens is 459 g/mol. The number of fused-ring (bicyclic) bond motifs is 3. The molecule has 0 radical (unpaired) electrons. The zero-order valence-electron chi connectivity index (χ0n) is 18.5. The maximum atomic E-state index is 13.2. The monoisotopic (exact) mass is 483 g/mol. The van der Waals surface area contributed by atoms with Gasteiger partial charge in [-0.25, -0.2) is 23.4 Å². The largest absolute Gasteiger partial charge is 0.419 e. The molecule has 2 aromatic heterocycles. The van der Waals surface area contributed by atoms with Gasteiger partial charge in [0.2, 0.25) is 5.95 Å². The average molecular weight is 484 g/mol. The van der Waals surface area contributed by atoms with Crippen LogP contribution in [0.3, 0.4) is 0 Å². The Morgan fingerprint density at radius 2 is 1.91 bits per heavy atom. The van der Waals surface area contributed by atoms with Gasteiger partial charge in [0.1, 0.15) is 5.82 Å². The molecule has 178 valence electrons. The lowest BCUT2D eigenvalue weighted by Gasteiger charge is -2.38. The second-order valence-corrected chi connectivity index (χ2v) is 10.5. The fourth-order valence-corrected chi connectivity index (χ4v) is 5.31. The third-order valence-corrected chi connectivity index (χ3v) is 7.03. The van der Waals surface area contributed by atoms with Gasteiger partial charge < -0.3 is 14.6 Å². The van der Waals surface area contributed by atoms with Crippen LogP contribution in [0.15, 0.2) is 23.2 Å². The smallest absolute Gasteiger partial charge is 0.392 e. The summed E-state index contributed by atoms with van der Waals surface area (Å²) < 4.78 is 65.9. The normalized spacial score (nSPS) is 17.1. The Hall–Kier alpha value is -2.73. The highest BCUT2D eigenvalue weighted by molar-refractivity contribution is 7.90. The van der Waals surface area contributed by atoms with Crippen LogP contribution >= 0.6 is 0 Å². The van der Waals surface area contributed by atoms with E-state index in [-0.39, 0.29) is 34.1 Å². The Labute approximate surface area is 189 Å². The van der Waals surface area contributed by atoms with Crippen LogP contribution in [0.2, 0.25) is 0 Å². The summed E-state index contributed by atoms with van der Waals surface area (Å²) in [6.45, 7) is 5.61. The number of halogens is 3. The highest BCUT2D eigenvalue weighted by atomic mass is 32.2. The maximum Gasteiger partial charge on any atom is 0.419 e. The minimum Gasteiger partial charge on any atom is -0.392 e. The second-order valence-electron chi connectivity index (χ2n) is 8.55. The van der Waals surface area contributed by atoms with Crippen molar-refractivity contribution in [2.75, 3.05) is 17.7 Å². The molecule has 1 aromatic carbocycles. The second kappa shape index (κ2) is 7.94. The number of sulfone groups is 1. The first-order valence-corrected chi connectivity index (χ1v) is 12.2. The van der Waals surface area contributed by atoms with Gasteiger partial charge >= 0.3 is 6.18 Å². The molecule has 1 atom stereocenters. The van der Waals surface area contributed by atoms with Gasteiger partial charge in [-0.05, 0) is 30.5 Å². The summed E-state index contributed by atoms with van der Waals surface area (Å²) in [4.78, 5) is 14.8. The lowest BCUT2D eigenvalue weighted by Crippen LogP contribution is -2.42. The number of rotatable bonds is 4. The van der Waals surface area contributed by atoms with Crippen LogP contribution in [0.1, 0.15) is 42.5 Å². The number of hydrogen-bond donors (Lipinski definition) is 1. The molecule has 0 unspecified atom stereocenters. The molecule has 12 heteroatoms. The van der Waals surface area contributed by atoms with E-state index in [1.165, 1.54) is 13.0 Å². The zero-order valence-corrected chi connectivity index (χ0v) is 19.4. The Morgan fingerprint density at radius 3 is 2.45 bits per heavy atom. The molecule has 4 rings (SSSR count). The maximum absolute atomic E-state index is 13.2. The molecule has 8 nitrogen and oxygen atoms in total. The van der Waals surface area contributed by atoms with E-state index in [1.54, 1.807) is 6.07 Å². The van der Waals surface area contributed by atoms with Crippen LogP contribution in [0, 0.1) is 12.8 Å². The number of nitrogens with zero attached hydrogens (tertiary/aromatic N) is 5. The van der Waals surface area contributed by atoms with Crippen molar-refractivity contribution in [1.82, 2.24) is 19.5 Å². The van der Waals surface area contributed by atoms with Crippen LogP contribution < -0.4 is 4.90 Å². The number of aryl methyl sites for hydroxylation is 1. The van der Waals surface area contributed by atoms with Crippen LogP contribution in [0.25, 0.3) is 11.0 Å². The molecule has 0 aliphatic carbocycles. The Bertz CT molecular complexity index is 1340. The molecule has 1 aliphatic heterocycles. The van der Waals surface area contributed by atoms with Gasteiger partial charge in [0.25, 0.3) is 0 Å². The first kappa shape index (κ1) is 23.4. The third kappa shape index (κ3) is 4.05. The summed E-state index contributed by atoms with van der Waals surface area (Å²) in [5.41, 5.74) is 0.400. The molecule has 3 aromatic rings. The first-order valence-electron chi connectivity index (χ1n) is 10.3. The fraction of sp³-hybridized carbons (Fsp3) is 0.476. The van der Waals surface area contributed by atoms with E-state index in [0.29, 0.717) is 29.9 Å².